The third-order valence-corrected chi connectivity index (χ3v) is 6.63. The first-order valence-corrected chi connectivity index (χ1v) is 10.9. The third-order valence-electron chi connectivity index (χ3n) is 5.00. The van der Waals surface area contributed by atoms with Crippen molar-refractivity contribution >= 4 is 39.3 Å². The first kappa shape index (κ1) is 17.7. The van der Waals surface area contributed by atoms with E-state index in [1.807, 2.05) is 18.6 Å². The van der Waals surface area contributed by atoms with Gasteiger partial charge in [-0.3, -0.25) is 4.90 Å². The van der Waals surface area contributed by atoms with Gasteiger partial charge in [0.15, 0.2) is 0 Å². The van der Waals surface area contributed by atoms with Crippen LogP contribution in [0.5, 0.6) is 0 Å². The van der Waals surface area contributed by atoms with E-state index in [2.05, 4.69) is 56.8 Å². The van der Waals surface area contributed by atoms with Gasteiger partial charge in [0.2, 0.25) is 5.95 Å². The maximum absolute atomic E-state index is 4.64. The molecule has 1 saturated heterocycles. The Bertz CT molecular complexity index is 885. The topological polar surface area (TPSA) is 45.2 Å². The number of benzene rings is 1. The minimum atomic E-state index is 0.392. The molecule has 136 valence electrons. The van der Waals surface area contributed by atoms with Crippen LogP contribution in [0.1, 0.15) is 23.5 Å². The van der Waals surface area contributed by atoms with E-state index in [-0.39, 0.29) is 0 Å². The van der Waals surface area contributed by atoms with Crippen molar-refractivity contribution in [2.45, 2.75) is 24.8 Å². The molecule has 0 aliphatic carbocycles. The second kappa shape index (κ2) is 7.50. The van der Waals surface area contributed by atoms with Crippen molar-refractivity contribution in [2.24, 2.45) is 0 Å². The number of piperazine rings is 1. The molecule has 3 aromatic rings. The van der Waals surface area contributed by atoms with Gasteiger partial charge in [-0.2, -0.15) is 0 Å². The zero-order valence-electron chi connectivity index (χ0n) is 15.3. The average molecular weight is 386 g/mol. The fraction of sp³-hybridized carbons (Fsp3) is 0.421. The second-order valence-electron chi connectivity index (χ2n) is 6.58. The summed E-state index contributed by atoms with van der Waals surface area (Å²) in [5, 5.41) is 1.13. The number of rotatable bonds is 4. The Morgan fingerprint density at radius 1 is 1.12 bits per heavy atom. The Morgan fingerprint density at radius 3 is 2.54 bits per heavy atom. The van der Waals surface area contributed by atoms with Gasteiger partial charge < -0.3 is 4.90 Å². The highest BCUT2D eigenvalue weighted by Gasteiger charge is 2.23. The van der Waals surface area contributed by atoms with Crippen LogP contribution < -0.4 is 4.90 Å². The van der Waals surface area contributed by atoms with Gasteiger partial charge in [0.25, 0.3) is 0 Å². The summed E-state index contributed by atoms with van der Waals surface area (Å²) in [5.74, 6) is 0.842. The molecule has 1 atom stereocenters. The molecule has 0 saturated carbocycles. The molecule has 7 heteroatoms. The maximum Gasteiger partial charge on any atom is 0.225 e. The molecule has 0 amide bonds. The van der Waals surface area contributed by atoms with E-state index < -0.39 is 0 Å². The molecule has 1 fully saturated rings. The van der Waals surface area contributed by atoms with Crippen LogP contribution >= 0.6 is 23.1 Å². The van der Waals surface area contributed by atoms with Gasteiger partial charge in [-0.15, -0.1) is 23.1 Å². The molecule has 0 bridgehead atoms. The van der Waals surface area contributed by atoms with Crippen LogP contribution in [0.2, 0.25) is 0 Å². The van der Waals surface area contributed by atoms with E-state index in [0.717, 1.165) is 47.5 Å². The normalized spacial score (nSPS) is 17.0. The molecule has 5 nitrogen and oxygen atoms in total. The van der Waals surface area contributed by atoms with Gasteiger partial charge in [0.1, 0.15) is 0 Å². The van der Waals surface area contributed by atoms with Crippen molar-refractivity contribution in [2.75, 3.05) is 37.3 Å². The predicted molar refractivity (Wildman–Crippen MR) is 110 cm³/mol. The van der Waals surface area contributed by atoms with Gasteiger partial charge in [0.05, 0.1) is 15.2 Å². The Morgan fingerprint density at radius 2 is 1.85 bits per heavy atom. The summed E-state index contributed by atoms with van der Waals surface area (Å²) in [7, 11) is 0. The van der Waals surface area contributed by atoms with Crippen LogP contribution in [0.15, 0.2) is 35.5 Å². The van der Waals surface area contributed by atoms with E-state index in [1.165, 1.54) is 10.3 Å². The number of anilines is 1. The van der Waals surface area contributed by atoms with Crippen LogP contribution in [0, 0.1) is 6.92 Å². The highest BCUT2D eigenvalue weighted by molar-refractivity contribution is 7.98. The number of thiazole rings is 1. The Balaban J connectivity index is 1.42. The van der Waals surface area contributed by atoms with E-state index in [4.69, 9.17) is 0 Å². The van der Waals surface area contributed by atoms with Crippen LogP contribution in [-0.2, 0) is 0 Å². The van der Waals surface area contributed by atoms with Gasteiger partial charge >= 0.3 is 0 Å². The Labute approximate surface area is 162 Å². The lowest BCUT2D eigenvalue weighted by Gasteiger charge is -2.38. The summed E-state index contributed by atoms with van der Waals surface area (Å²) in [6.07, 6.45) is 5.86. The lowest BCUT2D eigenvalue weighted by atomic mass is 10.1. The van der Waals surface area contributed by atoms with E-state index in [1.54, 1.807) is 23.1 Å². The maximum atomic E-state index is 4.64. The van der Waals surface area contributed by atoms with Crippen LogP contribution in [-0.4, -0.2) is 52.3 Å². The van der Waals surface area contributed by atoms with Gasteiger partial charge in [0, 0.05) is 49.5 Å². The highest BCUT2D eigenvalue weighted by Crippen LogP contribution is 2.28. The van der Waals surface area contributed by atoms with Crippen molar-refractivity contribution in [3.8, 4) is 0 Å². The first-order valence-electron chi connectivity index (χ1n) is 8.86. The minimum absolute atomic E-state index is 0.392. The molecule has 26 heavy (non-hydrogen) atoms. The molecular weight excluding hydrogens is 362 g/mol. The number of hydrogen-bond acceptors (Lipinski definition) is 7. The van der Waals surface area contributed by atoms with E-state index >= 15 is 0 Å². The number of aryl methyl sites for hydroxylation is 1. The lowest BCUT2D eigenvalue weighted by molar-refractivity contribution is 0.198. The minimum Gasteiger partial charge on any atom is -0.338 e. The summed E-state index contributed by atoms with van der Waals surface area (Å²) in [6, 6.07) is 7.10. The zero-order valence-corrected chi connectivity index (χ0v) is 17.0. The molecule has 1 aliphatic heterocycles. The third kappa shape index (κ3) is 3.56. The molecule has 0 unspecified atom stereocenters. The summed E-state index contributed by atoms with van der Waals surface area (Å²) < 4.78 is 1.27. The molecule has 1 aromatic carbocycles. The largest absolute Gasteiger partial charge is 0.338 e. The van der Waals surface area contributed by atoms with Crippen molar-refractivity contribution in [1.82, 2.24) is 19.9 Å². The van der Waals surface area contributed by atoms with Crippen molar-refractivity contribution in [3.05, 3.63) is 41.2 Å². The summed E-state index contributed by atoms with van der Waals surface area (Å²) in [4.78, 5) is 19.6. The van der Waals surface area contributed by atoms with Crippen molar-refractivity contribution in [3.63, 3.8) is 0 Å². The fourth-order valence-electron chi connectivity index (χ4n) is 3.42. The van der Waals surface area contributed by atoms with Gasteiger partial charge in [-0.05, 0) is 37.8 Å². The Hall–Kier alpha value is -1.70. The zero-order chi connectivity index (χ0) is 18.1. The van der Waals surface area contributed by atoms with Crippen LogP contribution in [0.3, 0.4) is 0 Å². The lowest BCUT2D eigenvalue weighted by Crippen LogP contribution is -2.47. The molecule has 2 aromatic heterocycles. The van der Waals surface area contributed by atoms with E-state index in [0.29, 0.717) is 6.04 Å². The summed E-state index contributed by atoms with van der Waals surface area (Å²) >= 11 is 3.43. The summed E-state index contributed by atoms with van der Waals surface area (Å²) in [6.45, 7) is 8.31. The molecule has 3 heterocycles. The monoisotopic (exact) mass is 385 g/mol. The average Bonchev–Trinajstić information content (AvgIpc) is 3.07. The van der Waals surface area contributed by atoms with Crippen molar-refractivity contribution < 1.29 is 0 Å². The molecular formula is C19H23N5S2. The molecule has 0 spiro atoms. The smallest absolute Gasteiger partial charge is 0.225 e. The van der Waals surface area contributed by atoms with Gasteiger partial charge in [-0.25, -0.2) is 15.0 Å². The quantitative estimate of drug-likeness (QED) is 0.633. The van der Waals surface area contributed by atoms with Crippen LogP contribution in [0.4, 0.5) is 5.95 Å². The SMILES string of the molecule is CSc1cnc(N2CCN([C@H](C)c3ccc4sc(C)nc4c3)CC2)nc1. The number of fused-ring (bicyclic) bond motifs is 1. The number of hydrogen-bond donors (Lipinski definition) is 0. The summed E-state index contributed by atoms with van der Waals surface area (Å²) in [5.41, 5.74) is 2.47. The first-order chi connectivity index (χ1) is 12.6. The Kier molecular flexibility index (Phi) is 5.11. The van der Waals surface area contributed by atoms with Gasteiger partial charge in [-0.1, -0.05) is 6.07 Å². The highest BCUT2D eigenvalue weighted by atomic mass is 32.2. The molecule has 0 radical (unpaired) electrons. The standard InChI is InChI=1S/C19H23N5S2/c1-13(15-4-5-18-17(10-15)22-14(2)26-18)23-6-8-24(9-7-23)19-20-11-16(25-3)12-21-19/h4-5,10-13H,6-9H2,1-3H3/t13-/m1/s1. The number of thioether (sulfide) groups is 1. The fourth-order valence-corrected chi connectivity index (χ4v) is 4.54. The molecule has 0 N–H and O–H groups in total. The molecule has 1 aliphatic rings. The molecule has 4 rings (SSSR count). The van der Waals surface area contributed by atoms with E-state index in [9.17, 15) is 0 Å². The van der Waals surface area contributed by atoms with Crippen LogP contribution in [0.25, 0.3) is 10.2 Å². The van der Waals surface area contributed by atoms with Crippen molar-refractivity contribution in [1.29, 1.82) is 0 Å². The number of nitrogens with zero attached hydrogens (tertiary/aromatic N) is 5. The number of aromatic nitrogens is 3. The second-order valence-corrected chi connectivity index (χ2v) is 8.70. The predicted octanol–water partition coefficient (Wildman–Crippen LogP) is 4.00.